The number of carboxylic acid groups (broad SMARTS) is 1. The second kappa shape index (κ2) is 8.65. The summed E-state index contributed by atoms with van der Waals surface area (Å²) < 4.78 is 2.06. The predicted molar refractivity (Wildman–Crippen MR) is 84.5 cm³/mol. The summed E-state index contributed by atoms with van der Waals surface area (Å²) in [6.07, 6.45) is 11.5. The van der Waals surface area contributed by atoms with Gasteiger partial charge in [-0.2, -0.15) is 0 Å². The number of carboxylic acids is 1. The first kappa shape index (κ1) is 19.0. The van der Waals surface area contributed by atoms with E-state index in [0.717, 1.165) is 18.4 Å². The number of nitrogens with two attached hydrogens (primary N) is 1. The molecular formula is C17H21N4NaO2. The molecule has 1 aliphatic rings. The Morgan fingerprint density at radius 1 is 1.29 bits per heavy atom. The van der Waals surface area contributed by atoms with Gasteiger partial charge in [-0.1, -0.05) is 25.3 Å². The number of pyridine rings is 1. The predicted octanol–water partition coefficient (Wildman–Crippen LogP) is -1.55. The van der Waals surface area contributed by atoms with Crippen LogP contribution in [0.25, 0.3) is 0 Å². The standard InChI is InChI=1S/C17H22N4O2.Na/c18-16-7-6-12(9-19-16)8-14(17(22)23)15-10-21(11-20-15)13-4-2-1-3-5-13;/h6-7,9-11,13-14H,1-5,8H2,(H2,18,19)(H,22,23);/q;+1/p-1. The molecule has 0 amide bonds. The van der Waals surface area contributed by atoms with Crippen molar-refractivity contribution in [2.24, 2.45) is 0 Å². The molecule has 1 aliphatic carbocycles. The Morgan fingerprint density at radius 3 is 2.67 bits per heavy atom. The minimum absolute atomic E-state index is 0. The topological polar surface area (TPSA) is 96.9 Å². The Balaban J connectivity index is 0.00000208. The van der Waals surface area contributed by atoms with Crippen molar-refractivity contribution in [1.82, 2.24) is 14.5 Å². The number of aromatic nitrogens is 3. The van der Waals surface area contributed by atoms with Crippen molar-refractivity contribution in [3.05, 3.63) is 42.1 Å². The van der Waals surface area contributed by atoms with Gasteiger partial charge in [-0.15, -0.1) is 0 Å². The number of aliphatic carboxylic acids is 1. The van der Waals surface area contributed by atoms with Crippen molar-refractivity contribution < 1.29 is 39.5 Å². The summed E-state index contributed by atoms with van der Waals surface area (Å²) in [5, 5.41) is 11.6. The van der Waals surface area contributed by atoms with Crippen molar-refractivity contribution in [1.29, 1.82) is 0 Å². The van der Waals surface area contributed by atoms with Gasteiger partial charge in [-0.05, 0) is 30.9 Å². The molecule has 1 unspecified atom stereocenters. The molecule has 24 heavy (non-hydrogen) atoms. The number of rotatable bonds is 5. The minimum atomic E-state index is -1.12. The Labute approximate surface area is 163 Å². The van der Waals surface area contributed by atoms with E-state index in [4.69, 9.17) is 5.73 Å². The summed E-state index contributed by atoms with van der Waals surface area (Å²) >= 11 is 0. The molecule has 7 heteroatoms. The number of nitrogen functional groups attached to an aromatic ring is 1. The summed E-state index contributed by atoms with van der Waals surface area (Å²) in [5.41, 5.74) is 6.91. The molecule has 2 aromatic rings. The van der Waals surface area contributed by atoms with Crippen LogP contribution in [0.2, 0.25) is 0 Å². The largest absolute Gasteiger partial charge is 1.00 e. The zero-order valence-corrected chi connectivity index (χ0v) is 16.0. The van der Waals surface area contributed by atoms with Gasteiger partial charge in [-0.3, -0.25) is 0 Å². The number of nitrogens with zero attached hydrogens (tertiary/aromatic N) is 3. The second-order valence-electron chi connectivity index (χ2n) is 6.20. The number of hydrogen-bond acceptors (Lipinski definition) is 5. The van der Waals surface area contributed by atoms with E-state index in [-0.39, 0.29) is 29.6 Å². The van der Waals surface area contributed by atoms with Crippen molar-refractivity contribution in [3.8, 4) is 0 Å². The van der Waals surface area contributed by atoms with E-state index in [1.807, 2.05) is 6.20 Å². The maximum atomic E-state index is 11.6. The van der Waals surface area contributed by atoms with E-state index in [9.17, 15) is 9.90 Å². The molecule has 1 atom stereocenters. The summed E-state index contributed by atoms with van der Waals surface area (Å²) in [7, 11) is 0. The average Bonchev–Trinajstić information content (AvgIpc) is 3.04. The van der Waals surface area contributed by atoms with Crippen LogP contribution in [0.3, 0.4) is 0 Å². The molecule has 1 fully saturated rings. The first-order valence-electron chi connectivity index (χ1n) is 8.08. The molecule has 0 bridgehead atoms. The first-order chi connectivity index (χ1) is 11.1. The minimum Gasteiger partial charge on any atom is -0.549 e. The number of hydrogen-bond donors (Lipinski definition) is 1. The molecule has 2 N–H and O–H groups in total. The summed E-state index contributed by atoms with van der Waals surface area (Å²) in [6, 6.07) is 3.89. The Kier molecular flexibility index (Phi) is 6.83. The smallest absolute Gasteiger partial charge is 0.549 e. The fraction of sp³-hybridized carbons (Fsp3) is 0.471. The SMILES string of the molecule is Nc1ccc(CC(C(=O)[O-])c2cn(C3CCCCC3)cn2)cn1.[Na+]. The Morgan fingerprint density at radius 2 is 2.04 bits per heavy atom. The van der Waals surface area contributed by atoms with Crippen LogP contribution in [0, 0.1) is 0 Å². The average molecular weight is 336 g/mol. The Hall–Kier alpha value is -1.37. The first-order valence-corrected chi connectivity index (χ1v) is 8.08. The second-order valence-corrected chi connectivity index (χ2v) is 6.20. The van der Waals surface area contributed by atoms with Crippen LogP contribution in [0.15, 0.2) is 30.9 Å². The molecule has 122 valence electrons. The molecule has 1 saturated carbocycles. The number of carbonyl (C=O) groups excluding carboxylic acids is 1. The normalized spacial score (nSPS) is 16.3. The van der Waals surface area contributed by atoms with Gasteiger partial charge in [0.25, 0.3) is 0 Å². The molecule has 0 radical (unpaired) electrons. The third kappa shape index (κ3) is 4.59. The fourth-order valence-electron chi connectivity index (χ4n) is 3.21. The zero-order chi connectivity index (χ0) is 16.2. The van der Waals surface area contributed by atoms with Gasteiger partial charge in [0.05, 0.1) is 18.0 Å². The van der Waals surface area contributed by atoms with E-state index >= 15 is 0 Å². The molecule has 0 saturated heterocycles. The maximum Gasteiger partial charge on any atom is 1.00 e. The van der Waals surface area contributed by atoms with Gasteiger partial charge in [0, 0.05) is 24.4 Å². The molecule has 2 aromatic heterocycles. The summed E-state index contributed by atoms with van der Waals surface area (Å²) in [5.74, 6) is -1.47. The van der Waals surface area contributed by atoms with E-state index in [1.165, 1.54) is 19.3 Å². The monoisotopic (exact) mass is 336 g/mol. The number of carbonyl (C=O) groups is 1. The van der Waals surface area contributed by atoms with E-state index in [2.05, 4.69) is 14.5 Å². The van der Waals surface area contributed by atoms with Crippen LogP contribution in [0.5, 0.6) is 0 Å². The van der Waals surface area contributed by atoms with Crippen LogP contribution in [0.1, 0.15) is 55.3 Å². The van der Waals surface area contributed by atoms with Crippen LogP contribution < -0.4 is 40.4 Å². The molecule has 0 spiro atoms. The zero-order valence-electron chi connectivity index (χ0n) is 14.0. The number of anilines is 1. The third-order valence-electron chi connectivity index (χ3n) is 4.55. The molecular weight excluding hydrogens is 315 g/mol. The van der Waals surface area contributed by atoms with Gasteiger partial charge < -0.3 is 20.2 Å². The van der Waals surface area contributed by atoms with Gasteiger partial charge >= 0.3 is 29.6 Å². The van der Waals surface area contributed by atoms with Crippen molar-refractivity contribution in [2.45, 2.75) is 50.5 Å². The van der Waals surface area contributed by atoms with E-state index < -0.39 is 11.9 Å². The quantitative estimate of drug-likeness (QED) is 0.667. The molecule has 0 aliphatic heterocycles. The van der Waals surface area contributed by atoms with E-state index in [0.29, 0.717) is 24.0 Å². The Bertz CT molecular complexity index is 665. The number of imidazole rings is 1. The third-order valence-corrected chi connectivity index (χ3v) is 4.55. The fourth-order valence-corrected chi connectivity index (χ4v) is 3.21. The van der Waals surface area contributed by atoms with Gasteiger partial charge in [0.1, 0.15) is 5.82 Å². The van der Waals surface area contributed by atoms with Crippen LogP contribution in [-0.2, 0) is 11.2 Å². The molecule has 3 rings (SSSR count). The maximum absolute atomic E-state index is 11.6. The van der Waals surface area contributed by atoms with Crippen molar-refractivity contribution in [3.63, 3.8) is 0 Å². The van der Waals surface area contributed by atoms with Crippen LogP contribution in [-0.4, -0.2) is 20.5 Å². The van der Waals surface area contributed by atoms with Gasteiger partial charge in [0.15, 0.2) is 0 Å². The molecule has 2 heterocycles. The van der Waals surface area contributed by atoms with Gasteiger partial charge in [0.2, 0.25) is 0 Å². The summed E-state index contributed by atoms with van der Waals surface area (Å²) in [4.78, 5) is 19.9. The summed E-state index contributed by atoms with van der Waals surface area (Å²) in [6.45, 7) is 0. The molecule has 6 nitrogen and oxygen atoms in total. The van der Waals surface area contributed by atoms with E-state index in [1.54, 1.807) is 24.7 Å². The van der Waals surface area contributed by atoms with Crippen molar-refractivity contribution >= 4 is 11.8 Å². The van der Waals surface area contributed by atoms with Crippen LogP contribution in [0.4, 0.5) is 5.82 Å². The van der Waals surface area contributed by atoms with Crippen LogP contribution >= 0.6 is 0 Å². The van der Waals surface area contributed by atoms with Crippen molar-refractivity contribution in [2.75, 3.05) is 5.73 Å². The van der Waals surface area contributed by atoms with Gasteiger partial charge in [-0.25, -0.2) is 9.97 Å². The molecule has 0 aromatic carbocycles.